The smallest absolute Gasteiger partial charge is 0.0697 e. The van der Waals surface area contributed by atoms with E-state index in [-0.39, 0.29) is 29.8 Å². The van der Waals surface area contributed by atoms with Gasteiger partial charge in [0.2, 0.25) is 0 Å². The van der Waals surface area contributed by atoms with Crippen molar-refractivity contribution in [1.82, 2.24) is 0 Å². The topological polar surface area (TPSA) is 0 Å². The minimum atomic E-state index is -0.473. The molecule has 0 amide bonds. The molecule has 14 radical (unpaired) electrons. The van der Waals surface area contributed by atoms with Gasteiger partial charge >= 0.3 is 0 Å². The molecule has 0 N–H and O–H groups in total. The van der Waals surface area contributed by atoms with Gasteiger partial charge in [0.15, 0.2) is 0 Å². The predicted molar refractivity (Wildman–Crippen MR) is 109 cm³/mol. The van der Waals surface area contributed by atoms with Gasteiger partial charge in [-0.05, 0) is 23.7 Å². The van der Waals surface area contributed by atoms with Crippen molar-refractivity contribution in [2.24, 2.45) is 23.7 Å². The third kappa shape index (κ3) is 4.00. The Kier molecular flexibility index (Phi) is 8.15. The van der Waals surface area contributed by atoms with Gasteiger partial charge in [-0.1, -0.05) is 51.0 Å². The second-order valence-corrected chi connectivity index (χ2v) is 7.49. The molecule has 1 aliphatic rings. The molecular formula is C12H20B10. The van der Waals surface area contributed by atoms with E-state index in [4.69, 9.17) is 46.5 Å². The van der Waals surface area contributed by atoms with Crippen LogP contribution in [0.25, 0.3) is 0 Å². The summed E-state index contributed by atoms with van der Waals surface area (Å²) < 4.78 is 0. The average molecular weight is 272 g/mol. The fourth-order valence-electron chi connectivity index (χ4n) is 4.73. The second-order valence-electron chi connectivity index (χ2n) is 7.49. The molecule has 10 heteroatoms. The molecule has 6 unspecified atom stereocenters. The molecule has 0 aromatic heterocycles. The molecule has 0 aromatic carbocycles. The highest BCUT2D eigenvalue weighted by Gasteiger charge is 2.50. The summed E-state index contributed by atoms with van der Waals surface area (Å²) in [6.45, 7) is 7.99. The van der Waals surface area contributed by atoms with Crippen LogP contribution in [0.15, 0.2) is 0 Å². The van der Waals surface area contributed by atoms with E-state index in [9.17, 15) is 0 Å². The van der Waals surface area contributed by atoms with Gasteiger partial charge in [-0.25, -0.2) is 0 Å². The quantitative estimate of drug-likeness (QED) is 0.601. The van der Waals surface area contributed by atoms with Gasteiger partial charge < -0.3 is 0 Å². The Hall–Kier alpha value is 0.649. The van der Waals surface area contributed by atoms with Crippen molar-refractivity contribution in [3.63, 3.8) is 0 Å². The van der Waals surface area contributed by atoms with Gasteiger partial charge in [-0.2, -0.15) is 0 Å². The lowest BCUT2D eigenvalue weighted by atomic mass is 8.95. The summed E-state index contributed by atoms with van der Waals surface area (Å²) in [4.78, 5) is 0. The first-order valence-corrected chi connectivity index (χ1v) is 8.31. The van der Waals surface area contributed by atoms with Gasteiger partial charge in [0, 0.05) is 58.7 Å². The van der Waals surface area contributed by atoms with Gasteiger partial charge in [0.05, 0.1) is 15.0 Å². The first kappa shape index (κ1) is 20.7. The highest BCUT2D eigenvalue weighted by atomic mass is 14.5. The Morgan fingerprint density at radius 3 is 1.68 bits per heavy atom. The Balaban J connectivity index is 3.37. The van der Waals surface area contributed by atoms with E-state index in [1.807, 2.05) is 0 Å². The van der Waals surface area contributed by atoms with E-state index in [2.05, 4.69) is 27.7 Å². The zero-order valence-electron chi connectivity index (χ0n) is 14.4. The normalized spacial score (nSPS) is 35.4. The first-order valence-electron chi connectivity index (χ1n) is 8.31. The van der Waals surface area contributed by atoms with Gasteiger partial charge in [0.25, 0.3) is 0 Å². The molecule has 22 heavy (non-hydrogen) atoms. The molecule has 1 saturated carbocycles. The molecule has 0 aromatic rings. The van der Waals surface area contributed by atoms with Crippen LogP contribution in [0.3, 0.4) is 0 Å². The van der Waals surface area contributed by atoms with Crippen LogP contribution >= 0.6 is 0 Å². The minimum absolute atomic E-state index is 0.0341. The SMILES string of the molecule is [B][B]B([B])C1C([B][B])C([B])C(C(C)C)C(C(C)C)C1B([B])[B]. The van der Waals surface area contributed by atoms with Crippen molar-refractivity contribution in [2.45, 2.75) is 51.0 Å². The van der Waals surface area contributed by atoms with Crippen LogP contribution in [0.2, 0.25) is 23.3 Å². The van der Waals surface area contributed by atoms with E-state index in [0.29, 0.717) is 23.7 Å². The lowest BCUT2D eigenvalue weighted by Crippen LogP contribution is -2.53. The molecular weight excluding hydrogens is 252 g/mol. The summed E-state index contributed by atoms with van der Waals surface area (Å²) in [5, 5.41) is 0. The van der Waals surface area contributed by atoms with Crippen molar-refractivity contribution in [3.8, 4) is 0 Å². The molecule has 6 atom stereocenters. The molecule has 0 saturated heterocycles. The fraction of sp³-hybridized carbons (Fsp3) is 1.00. The Labute approximate surface area is 148 Å². The maximum Gasteiger partial charge on any atom is 0.0697 e. The van der Waals surface area contributed by atoms with Crippen molar-refractivity contribution in [3.05, 3.63) is 0 Å². The largest absolute Gasteiger partial charge is 0.0889 e. The maximum absolute atomic E-state index is 6.60. The van der Waals surface area contributed by atoms with E-state index in [1.165, 1.54) is 7.06 Å². The van der Waals surface area contributed by atoms with Gasteiger partial charge in [-0.15, -0.1) is 0 Å². The fourth-order valence-corrected chi connectivity index (χ4v) is 4.73. The molecule has 0 spiro atoms. The molecule has 0 heterocycles. The van der Waals surface area contributed by atoms with E-state index in [1.54, 1.807) is 7.17 Å². The van der Waals surface area contributed by atoms with Crippen molar-refractivity contribution < 1.29 is 0 Å². The molecule has 0 bridgehead atoms. The van der Waals surface area contributed by atoms with Crippen LogP contribution in [0.5, 0.6) is 0 Å². The third-order valence-electron chi connectivity index (χ3n) is 5.54. The van der Waals surface area contributed by atoms with Crippen LogP contribution in [-0.2, 0) is 0 Å². The Bertz CT molecular complexity index is 334. The number of hydrogen-bond acceptors (Lipinski definition) is 0. The van der Waals surface area contributed by atoms with Crippen molar-refractivity contribution >= 4 is 73.8 Å². The third-order valence-corrected chi connectivity index (χ3v) is 5.54. The highest BCUT2D eigenvalue weighted by Crippen LogP contribution is 2.61. The van der Waals surface area contributed by atoms with Gasteiger partial charge in [-0.3, -0.25) is 0 Å². The maximum atomic E-state index is 6.60. The van der Waals surface area contributed by atoms with Crippen LogP contribution in [0, 0.1) is 23.7 Å². The van der Waals surface area contributed by atoms with Crippen molar-refractivity contribution in [1.29, 1.82) is 0 Å². The summed E-state index contributed by atoms with van der Waals surface area (Å²) in [6.07, 6.45) is 0. The predicted octanol–water partition coefficient (Wildman–Crippen LogP) is 0.0876. The van der Waals surface area contributed by atoms with E-state index < -0.39 is 6.49 Å². The lowest BCUT2D eigenvalue weighted by molar-refractivity contribution is 0.137. The molecule has 98 valence electrons. The number of rotatable bonds is 6. The zero-order chi connectivity index (χ0) is 17.2. The van der Waals surface area contributed by atoms with Crippen LogP contribution in [0.1, 0.15) is 27.7 Å². The summed E-state index contributed by atoms with van der Waals surface area (Å²) in [5.74, 6) is 1.31. The van der Waals surface area contributed by atoms with Crippen molar-refractivity contribution in [2.75, 3.05) is 0 Å². The molecule has 0 nitrogen and oxygen atoms in total. The lowest BCUT2D eigenvalue weighted by Gasteiger charge is -2.58. The summed E-state index contributed by atoms with van der Waals surface area (Å²) in [7, 11) is 40.0. The summed E-state index contributed by atoms with van der Waals surface area (Å²) in [5.41, 5.74) is 0. The van der Waals surface area contributed by atoms with Crippen LogP contribution in [-0.4, -0.2) is 73.8 Å². The average Bonchev–Trinajstić information content (AvgIpc) is 2.43. The summed E-state index contributed by atoms with van der Waals surface area (Å²) >= 11 is 0. The molecule has 0 aliphatic heterocycles. The highest BCUT2D eigenvalue weighted by molar-refractivity contribution is 7.47. The minimum Gasteiger partial charge on any atom is -0.0889 e. The monoisotopic (exact) mass is 274 g/mol. The molecule has 1 aliphatic carbocycles. The molecule has 1 fully saturated rings. The zero-order valence-corrected chi connectivity index (χ0v) is 14.4. The van der Waals surface area contributed by atoms with Gasteiger partial charge in [0.1, 0.15) is 0 Å². The second kappa shape index (κ2) is 8.66. The Morgan fingerprint density at radius 2 is 1.36 bits per heavy atom. The number of hydrogen-bond donors (Lipinski definition) is 0. The molecule has 1 rings (SSSR count). The first-order chi connectivity index (χ1) is 10.2. The van der Waals surface area contributed by atoms with Crippen LogP contribution < -0.4 is 0 Å². The van der Waals surface area contributed by atoms with E-state index >= 15 is 0 Å². The Morgan fingerprint density at radius 1 is 0.864 bits per heavy atom. The standard InChI is InChI=1S/C12H20B10/c1-5(2)7-8(6(3)4)11(21(16)17)12(22(18)20-15)10(19-14)9(7)13/h5-12H,1-4H3. The summed E-state index contributed by atoms with van der Waals surface area (Å²) in [6, 6.07) is 0. The van der Waals surface area contributed by atoms with Crippen LogP contribution in [0.4, 0.5) is 0 Å². The van der Waals surface area contributed by atoms with E-state index in [0.717, 1.165) is 0 Å².